The zero-order valence-corrected chi connectivity index (χ0v) is 17.6. The van der Waals surface area contributed by atoms with Gasteiger partial charge in [0.2, 0.25) is 5.91 Å². The van der Waals surface area contributed by atoms with Crippen LogP contribution in [0, 0.1) is 0 Å². The van der Waals surface area contributed by atoms with Crippen LogP contribution in [0.1, 0.15) is 17.3 Å². The topological polar surface area (TPSA) is 61.4 Å². The van der Waals surface area contributed by atoms with Crippen molar-refractivity contribution in [1.82, 2.24) is 0 Å². The summed E-state index contributed by atoms with van der Waals surface area (Å²) in [6, 6.07) is 24.2. The molecule has 0 aromatic heterocycles. The predicted molar refractivity (Wildman–Crippen MR) is 121 cm³/mol. The lowest BCUT2D eigenvalue weighted by atomic mass is 10.1. The van der Waals surface area contributed by atoms with Gasteiger partial charge >= 0.3 is 0 Å². The first-order valence-corrected chi connectivity index (χ1v) is 10.1. The van der Waals surface area contributed by atoms with Crippen molar-refractivity contribution in [3.05, 3.63) is 88.9 Å². The van der Waals surface area contributed by atoms with E-state index in [1.165, 1.54) is 0 Å². The first-order chi connectivity index (χ1) is 14.1. The van der Waals surface area contributed by atoms with E-state index in [1.54, 1.807) is 23.1 Å². The molecule has 2 N–H and O–H groups in total. The number of hydrogen-bond donors (Lipinski definition) is 2. The molecule has 29 heavy (non-hydrogen) atoms. The Labute approximate surface area is 178 Å². The van der Waals surface area contributed by atoms with E-state index < -0.39 is 0 Å². The highest BCUT2D eigenvalue weighted by atomic mass is 79.9. The van der Waals surface area contributed by atoms with Gasteiger partial charge in [0, 0.05) is 33.6 Å². The highest BCUT2D eigenvalue weighted by Crippen LogP contribution is 2.19. The van der Waals surface area contributed by atoms with Crippen molar-refractivity contribution in [1.29, 1.82) is 0 Å². The summed E-state index contributed by atoms with van der Waals surface area (Å²) in [6.07, 6.45) is 0. The number of hydrogen-bond acceptors (Lipinski definition) is 3. The Morgan fingerprint density at radius 1 is 0.897 bits per heavy atom. The maximum atomic E-state index is 13.0. The van der Waals surface area contributed by atoms with Crippen molar-refractivity contribution in [3.8, 4) is 0 Å². The summed E-state index contributed by atoms with van der Waals surface area (Å²) in [5.74, 6) is -0.250. The monoisotopic (exact) mass is 451 g/mol. The largest absolute Gasteiger partial charge is 0.376 e. The average molecular weight is 452 g/mol. The van der Waals surface area contributed by atoms with E-state index >= 15 is 0 Å². The van der Waals surface area contributed by atoms with Crippen LogP contribution in [0.5, 0.6) is 0 Å². The van der Waals surface area contributed by atoms with Crippen LogP contribution in [0.3, 0.4) is 0 Å². The zero-order chi connectivity index (χ0) is 20.6. The van der Waals surface area contributed by atoms with Gasteiger partial charge in [-0.05, 0) is 55.5 Å². The summed E-state index contributed by atoms with van der Waals surface area (Å²) in [5, 5.41) is 5.91. The van der Waals surface area contributed by atoms with Crippen LogP contribution in [-0.2, 0) is 4.79 Å². The molecule has 0 aliphatic heterocycles. The van der Waals surface area contributed by atoms with Gasteiger partial charge in [0.15, 0.2) is 0 Å². The second-order valence-corrected chi connectivity index (χ2v) is 7.29. The fraction of sp³-hybridized carbons (Fsp3) is 0.130. The molecule has 0 radical (unpaired) electrons. The maximum absolute atomic E-state index is 13.0. The van der Waals surface area contributed by atoms with E-state index in [2.05, 4.69) is 26.6 Å². The van der Waals surface area contributed by atoms with Gasteiger partial charge < -0.3 is 15.5 Å². The van der Waals surface area contributed by atoms with Gasteiger partial charge in [0.1, 0.15) is 0 Å². The van der Waals surface area contributed by atoms with Gasteiger partial charge in [-0.1, -0.05) is 46.3 Å². The third-order valence-electron chi connectivity index (χ3n) is 4.30. The number of nitrogens with zero attached hydrogens (tertiary/aromatic N) is 1. The molecule has 0 saturated heterocycles. The first kappa shape index (κ1) is 20.6. The zero-order valence-electron chi connectivity index (χ0n) is 16.1. The predicted octanol–water partition coefficient (Wildman–Crippen LogP) is 5.17. The number of halogens is 1. The fourth-order valence-corrected chi connectivity index (χ4v) is 3.32. The van der Waals surface area contributed by atoms with Crippen molar-refractivity contribution in [2.24, 2.45) is 0 Å². The smallest absolute Gasteiger partial charge is 0.258 e. The SMILES string of the molecule is CCN(C(=O)c1cccc(NCC(=O)Nc2cccc(Br)c2)c1)c1ccccc1. The summed E-state index contributed by atoms with van der Waals surface area (Å²) in [7, 11) is 0. The third kappa shape index (κ3) is 5.68. The molecule has 0 heterocycles. The lowest BCUT2D eigenvalue weighted by Gasteiger charge is -2.21. The molecule has 5 nitrogen and oxygen atoms in total. The summed E-state index contributed by atoms with van der Waals surface area (Å²) >= 11 is 3.38. The molecule has 3 aromatic carbocycles. The molecule has 0 bridgehead atoms. The Morgan fingerprint density at radius 2 is 1.62 bits per heavy atom. The van der Waals surface area contributed by atoms with Crippen LogP contribution in [0.2, 0.25) is 0 Å². The van der Waals surface area contributed by atoms with E-state index in [1.807, 2.05) is 67.6 Å². The molecule has 0 fully saturated rings. The normalized spacial score (nSPS) is 10.3. The Morgan fingerprint density at radius 3 is 2.34 bits per heavy atom. The number of anilines is 3. The summed E-state index contributed by atoms with van der Waals surface area (Å²) in [4.78, 5) is 26.9. The minimum Gasteiger partial charge on any atom is -0.376 e. The van der Waals surface area contributed by atoms with Gasteiger partial charge in [-0.15, -0.1) is 0 Å². The average Bonchev–Trinajstić information content (AvgIpc) is 2.74. The number of amides is 2. The van der Waals surface area contributed by atoms with Gasteiger partial charge in [0.05, 0.1) is 6.54 Å². The molecule has 0 aliphatic rings. The number of benzene rings is 3. The molecule has 3 rings (SSSR count). The van der Waals surface area contributed by atoms with Crippen molar-refractivity contribution in [3.63, 3.8) is 0 Å². The van der Waals surface area contributed by atoms with Gasteiger partial charge in [0.25, 0.3) is 5.91 Å². The van der Waals surface area contributed by atoms with Crippen LogP contribution in [0.4, 0.5) is 17.1 Å². The molecular weight excluding hydrogens is 430 g/mol. The van der Waals surface area contributed by atoms with Crippen molar-refractivity contribution < 1.29 is 9.59 Å². The van der Waals surface area contributed by atoms with Gasteiger partial charge in [-0.3, -0.25) is 9.59 Å². The Balaban J connectivity index is 1.64. The molecule has 0 atom stereocenters. The number of nitrogens with one attached hydrogen (secondary N) is 2. The van der Waals surface area contributed by atoms with Gasteiger partial charge in [-0.2, -0.15) is 0 Å². The molecule has 0 spiro atoms. The van der Waals surface area contributed by atoms with E-state index in [0.29, 0.717) is 17.8 Å². The first-order valence-electron chi connectivity index (χ1n) is 9.33. The summed E-state index contributed by atoms with van der Waals surface area (Å²) < 4.78 is 0.897. The number of rotatable bonds is 7. The van der Waals surface area contributed by atoms with Crippen LogP contribution < -0.4 is 15.5 Å². The minimum absolute atomic E-state index is 0.0825. The summed E-state index contributed by atoms with van der Waals surface area (Å²) in [6.45, 7) is 2.61. The Kier molecular flexibility index (Phi) is 7.03. The Hall–Kier alpha value is -3.12. The van der Waals surface area contributed by atoms with Crippen LogP contribution in [-0.4, -0.2) is 24.9 Å². The second-order valence-electron chi connectivity index (χ2n) is 6.38. The molecule has 0 unspecified atom stereocenters. The molecule has 2 amide bonds. The van der Waals surface area contributed by atoms with Crippen LogP contribution >= 0.6 is 15.9 Å². The molecule has 148 valence electrons. The fourth-order valence-electron chi connectivity index (χ4n) is 2.92. The van der Waals surface area contributed by atoms with Crippen molar-refractivity contribution >= 4 is 44.8 Å². The Bertz CT molecular complexity index is 992. The van der Waals surface area contributed by atoms with Crippen LogP contribution in [0.25, 0.3) is 0 Å². The molecule has 6 heteroatoms. The minimum atomic E-state index is -0.167. The lowest BCUT2D eigenvalue weighted by Crippen LogP contribution is -2.30. The molecule has 0 aliphatic carbocycles. The highest BCUT2D eigenvalue weighted by molar-refractivity contribution is 9.10. The highest BCUT2D eigenvalue weighted by Gasteiger charge is 2.16. The lowest BCUT2D eigenvalue weighted by molar-refractivity contribution is -0.114. The molecular formula is C23H22BrN3O2. The van der Waals surface area contributed by atoms with E-state index in [-0.39, 0.29) is 18.4 Å². The van der Waals surface area contributed by atoms with Crippen molar-refractivity contribution in [2.45, 2.75) is 6.92 Å². The van der Waals surface area contributed by atoms with E-state index in [9.17, 15) is 9.59 Å². The number of para-hydroxylation sites is 1. The quantitative estimate of drug-likeness (QED) is 0.520. The molecule has 0 saturated carbocycles. The standard InChI is InChI=1S/C23H22BrN3O2/c1-2-27(21-12-4-3-5-13-21)23(29)17-8-6-10-19(14-17)25-16-22(28)26-20-11-7-9-18(24)15-20/h3-15,25H,2,16H2,1H3,(H,26,28). The summed E-state index contributed by atoms with van der Waals surface area (Å²) in [5.41, 5.74) is 2.85. The van der Waals surface area contributed by atoms with E-state index in [4.69, 9.17) is 0 Å². The van der Waals surface area contributed by atoms with Gasteiger partial charge in [-0.25, -0.2) is 0 Å². The molecule has 3 aromatic rings. The second kappa shape index (κ2) is 9.89. The van der Waals surface area contributed by atoms with Crippen LogP contribution in [0.15, 0.2) is 83.3 Å². The third-order valence-corrected chi connectivity index (χ3v) is 4.79. The number of carbonyl (C=O) groups is 2. The van der Waals surface area contributed by atoms with E-state index in [0.717, 1.165) is 15.8 Å². The number of carbonyl (C=O) groups excluding carboxylic acids is 2. The maximum Gasteiger partial charge on any atom is 0.258 e. The van der Waals surface area contributed by atoms with Crippen molar-refractivity contribution in [2.75, 3.05) is 28.6 Å².